The van der Waals surface area contributed by atoms with Crippen LogP contribution in [0.25, 0.3) is 0 Å². The Morgan fingerprint density at radius 1 is 1.00 bits per heavy atom. The van der Waals surface area contributed by atoms with Gasteiger partial charge in [-0.25, -0.2) is 0 Å². The normalized spacial score (nSPS) is 22.7. The molecule has 0 unspecified atom stereocenters. The summed E-state index contributed by atoms with van der Waals surface area (Å²) in [6, 6.07) is 0. The zero-order valence-corrected chi connectivity index (χ0v) is 17.8. The summed E-state index contributed by atoms with van der Waals surface area (Å²) in [4.78, 5) is 23.3. The molecule has 3 saturated heterocycles. The summed E-state index contributed by atoms with van der Waals surface area (Å²) in [7, 11) is 1.83. The molecule has 0 aromatic heterocycles. The summed E-state index contributed by atoms with van der Waals surface area (Å²) < 4.78 is 16.6. The topological polar surface area (TPSA) is 78.9 Å². The molecule has 1 amide bonds. The number of hydrogen-bond donors (Lipinski definition) is 1. The third-order valence-corrected chi connectivity index (χ3v) is 5.73. The number of ether oxygens (including phenoxy) is 3. The maximum Gasteiger partial charge on any atom is 0.236 e. The maximum absolute atomic E-state index is 12.4. The van der Waals surface area contributed by atoms with E-state index in [0.29, 0.717) is 39.0 Å². The van der Waals surface area contributed by atoms with Gasteiger partial charge in [-0.2, -0.15) is 0 Å². The number of rotatable bonds is 7. The molecule has 3 aliphatic heterocycles. The highest BCUT2D eigenvalue weighted by Gasteiger charge is 2.24. The van der Waals surface area contributed by atoms with Crippen LogP contribution in [0.2, 0.25) is 0 Å². The molecule has 3 fully saturated rings. The second-order valence-corrected chi connectivity index (χ2v) is 7.77. The standard InChI is InChI=1S/C20H37N5O4/c1-21-20(22-5-2-12-29-18-3-13-27-14-4-18)25-8-6-23(7-9-25)17-19(26)24-10-15-28-16-11-24/h18H,2-17H2,1H3,(H,21,22). The highest BCUT2D eigenvalue weighted by atomic mass is 16.5. The van der Waals surface area contributed by atoms with Crippen molar-refractivity contribution in [1.82, 2.24) is 20.0 Å². The van der Waals surface area contributed by atoms with Gasteiger partial charge >= 0.3 is 0 Å². The van der Waals surface area contributed by atoms with Crippen molar-refractivity contribution in [3.63, 3.8) is 0 Å². The number of amides is 1. The molecular weight excluding hydrogens is 374 g/mol. The highest BCUT2D eigenvalue weighted by Crippen LogP contribution is 2.10. The van der Waals surface area contributed by atoms with Gasteiger partial charge < -0.3 is 29.3 Å². The molecule has 3 heterocycles. The van der Waals surface area contributed by atoms with Gasteiger partial charge in [-0.05, 0) is 19.3 Å². The van der Waals surface area contributed by atoms with Crippen molar-refractivity contribution < 1.29 is 19.0 Å². The predicted molar refractivity (Wildman–Crippen MR) is 111 cm³/mol. The molecule has 0 atom stereocenters. The van der Waals surface area contributed by atoms with Gasteiger partial charge in [-0.1, -0.05) is 0 Å². The first-order chi connectivity index (χ1) is 14.3. The SMILES string of the molecule is CN=C(NCCCOC1CCOCC1)N1CCN(CC(=O)N2CCOCC2)CC1. The number of hydrogen-bond acceptors (Lipinski definition) is 6. The van der Waals surface area contributed by atoms with Crippen molar-refractivity contribution >= 4 is 11.9 Å². The molecule has 3 aliphatic rings. The molecule has 0 aliphatic carbocycles. The highest BCUT2D eigenvalue weighted by molar-refractivity contribution is 5.80. The molecule has 0 saturated carbocycles. The van der Waals surface area contributed by atoms with Crippen LogP contribution in [0.3, 0.4) is 0 Å². The number of nitrogens with one attached hydrogen (secondary N) is 1. The summed E-state index contributed by atoms with van der Waals surface area (Å²) >= 11 is 0. The van der Waals surface area contributed by atoms with Gasteiger partial charge in [-0.3, -0.25) is 14.7 Å². The zero-order valence-electron chi connectivity index (χ0n) is 17.8. The lowest BCUT2D eigenvalue weighted by Gasteiger charge is -2.37. The zero-order chi connectivity index (χ0) is 20.3. The average molecular weight is 412 g/mol. The quantitative estimate of drug-likeness (QED) is 0.348. The van der Waals surface area contributed by atoms with E-state index in [0.717, 1.165) is 77.8 Å². The Balaban J connectivity index is 1.28. The Morgan fingerprint density at radius 3 is 2.38 bits per heavy atom. The molecule has 0 aromatic carbocycles. The van der Waals surface area contributed by atoms with Crippen LogP contribution in [-0.4, -0.2) is 125 Å². The van der Waals surface area contributed by atoms with E-state index in [9.17, 15) is 4.79 Å². The second-order valence-electron chi connectivity index (χ2n) is 7.77. The van der Waals surface area contributed by atoms with Crippen LogP contribution in [0.5, 0.6) is 0 Å². The summed E-state index contributed by atoms with van der Waals surface area (Å²) in [6.45, 7) is 10.0. The van der Waals surface area contributed by atoms with Crippen LogP contribution in [0.4, 0.5) is 0 Å². The van der Waals surface area contributed by atoms with E-state index in [1.165, 1.54) is 0 Å². The van der Waals surface area contributed by atoms with Crippen LogP contribution in [-0.2, 0) is 19.0 Å². The lowest BCUT2D eigenvalue weighted by atomic mass is 10.1. The fourth-order valence-corrected chi connectivity index (χ4v) is 3.92. The fraction of sp³-hybridized carbons (Fsp3) is 0.900. The first kappa shape index (κ1) is 22.3. The van der Waals surface area contributed by atoms with E-state index >= 15 is 0 Å². The number of carbonyl (C=O) groups excluding carboxylic acids is 1. The lowest BCUT2D eigenvalue weighted by Crippen LogP contribution is -2.55. The molecule has 9 nitrogen and oxygen atoms in total. The molecule has 0 radical (unpaired) electrons. The Labute approximate surface area is 174 Å². The molecule has 0 aromatic rings. The average Bonchev–Trinajstić information content (AvgIpc) is 2.78. The number of morpholine rings is 1. The molecule has 0 spiro atoms. The number of piperazine rings is 1. The number of guanidine groups is 1. The van der Waals surface area contributed by atoms with Gasteiger partial charge in [0.05, 0.1) is 25.9 Å². The minimum Gasteiger partial charge on any atom is -0.381 e. The van der Waals surface area contributed by atoms with E-state index in [4.69, 9.17) is 14.2 Å². The summed E-state index contributed by atoms with van der Waals surface area (Å²) in [5.74, 6) is 1.16. The molecule has 29 heavy (non-hydrogen) atoms. The van der Waals surface area contributed by atoms with Crippen LogP contribution in [0, 0.1) is 0 Å². The third-order valence-electron chi connectivity index (χ3n) is 5.73. The number of carbonyl (C=O) groups is 1. The minimum atomic E-state index is 0.216. The van der Waals surface area contributed by atoms with Gasteiger partial charge in [0.1, 0.15) is 0 Å². The Hall–Kier alpha value is -1.42. The van der Waals surface area contributed by atoms with Gasteiger partial charge in [0.25, 0.3) is 0 Å². The fourth-order valence-electron chi connectivity index (χ4n) is 3.92. The predicted octanol–water partition coefficient (Wildman–Crippen LogP) is -0.376. The number of aliphatic imine (C=N–C) groups is 1. The smallest absolute Gasteiger partial charge is 0.236 e. The monoisotopic (exact) mass is 411 g/mol. The van der Waals surface area contributed by atoms with E-state index in [1.54, 1.807) is 0 Å². The lowest BCUT2D eigenvalue weighted by molar-refractivity contribution is -0.136. The molecule has 0 bridgehead atoms. The van der Waals surface area contributed by atoms with Crippen molar-refractivity contribution in [1.29, 1.82) is 0 Å². The molecule has 9 heteroatoms. The Morgan fingerprint density at radius 2 is 1.69 bits per heavy atom. The number of nitrogens with zero attached hydrogens (tertiary/aromatic N) is 4. The van der Waals surface area contributed by atoms with Gasteiger partial charge in [0.15, 0.2) is 5.96 Å². The van der Waals surface area contributed by atoms with E-state index in [1.807, 2.05) is 11.9 Å². The first-order valence-corrected chi connectivity index (χ1v) is 11.0. The maximum atomic E-state index is 12.4. The Kier molecular flexibility index (Phi) is 9.46. The Bertz CT molecular complexity index is 513. The van der Waals surface area contributed by atoms with Gasteiger partial charge in [0.2, 0.25) is 5.91 Å². The van der Waals surface area contributed by atoms with Gasteiger partial charge in [-0.15, -0.1) is 0 Å². The summed E-state index contributed by atoms with van der Waals surface area (Å²) in [6.07, 6.45) is 3.34. The van der Waals surface area contributed by atoms with Crippen molar-refractivity contribution in [2.75, 3.05) is 92.4 Å². The molecule has 166 valence electrons. The second kappa shape index (κ2) is 12.3. The third kappa shape index (κ3) is 7.40. The van der Waals surface area contributed by atoms with E-state index in [2.05, 4.69) is 20.1 Å². The molecular formula is C20H37N5O4. The summed E-state index contributed by atoms with van der Waals surface area (Å²) in [5.41, 5.74) is 0. The van der Waals surface area contributed by atoms with Crippen LogP contribution >= 0.6 is 0 Å². The van der Waals surface area contributed by atoms with Gasteiger partial charge in [0, 0.05) is 72.7 Å². The largest absolute Gasteiger partial charge is 0.381 e. The molecule has 1 N–H and O–H groups in total. The summed E-state index contributed by atoms with van der Waals surface area (Å²) in [5, 5.41) is 3.45. The van der Waals surface area contributed by atoms with Crippen LogP contribution < -0.4 is 5.32 Å². The van der Waals surface area contributed by atoms with Crippen molar-refractivity contribution in [3.8, 4) is 0 Å². The van der Waals surface area contributed by atoms with Crippen LogP contribution in [0.1, 0.15) is 19.3 Å². The molecule has 3 rings (SSSR count). The van der Waals surface area contributed by atoms with Crippen molar-refractivity contribution in [2.24, 2.45) is 4.99 Å². The van der Waals surface area contributed by atoms with Crippen LogP contribution in [0.15, 0.2) is 4.99 Å². The van der Waals surface area contributed by atoms with E-state index < -0.39 is 0 Å². The minimum absolute atomic E-state index is 0.216. The van der Waals surface area contributed by atoms with Crippen molar-refractivity contribution in [2.45, 2.75) is 25.4 Å². The van der Waals surface area contributed by atoms with E-state index in [-0.39, 0.29) is 5.91 Å². The first-order valence-electron chi connectivity index (χ1n) is 11.0. The van der Waals surface area contributed by atoms with Crippen molar-refractivity contribution in [3.05, 3.63) is 0 Å².